The Morgan fingerprint density at radius 1 is 1.43 bits per heavy atom. The van der Waals surface area contributed by atoms with Gasteiger partial charge in [-0.3, -0.25) is 0 Å². The molecular formula is C10H9FOS2. The van der Waals surface area contributed by atoms with E-state index in [9.17, 15) is 9.50 Å². The second-order valence-corrected chi connectivity index (χ2v) is 4.11. The maximum atomic E-state index is 12.5. The normalized spacial score (nSPS) is 11.4. The van der Waals surface area contributed by atoms with E-state index < -0.39 is 0 Å². The van der Waals surface area contributed by atoms with Crippen molar-refractivity contribution in [1.29, 1.82) is 0 Å². The van der Waals surface area contributed by atoms with Gasteiger partial charge in [0.1, 0.15) is 11.6 Å². The predicted octanol–water partition coefficient (Wildman–Crippen LogP) is 3.42. The third-order valence-electron chi connectivity index (χ3n) is 1.60. The van der Waals surface area contributed by atoms with Crippen LogP contribution in [-0.2, 0) is 0 Å². The second-order valence-electron chi connectivity index (χ2n) is 2.56. The van der Waals surface area contributed by atoms with Crippen LogP contribution >= 0.6 is 24.0 Å². The molecule has 0 spiro atoms. The minimum atomic E-state index is -0.325. The Balaban J connectivity index is 2.89. The van der Waals surface area contributed by atoms with E-state index in [0.717, 1.165) is 0 Å². The maximum absolute atomic E-state index is 12.5. The first-order chi connectivity index (χ1) is 6.63. The van der Waals surface area contributed by atoms with Crippen LogP contribution < -0.4 is 0 Å². The van der Waals surface area contributed by atoms with E-state index in [0.29, 0.717) is 9.76 Å². The zero-order chi connectivity index (χ0) is 10.6. The summed E-state index contributed by atoms with van der Waals surface area (Å²) < 4.78 is 13.1. The van der Waals surface area contributed by atoms with Gasteiger partial charge in [-0.2, -0.15) is 0 Å². The molecule has 0 fully saturated rings. The van der Waals surface area contributed by atoms with Gasteiger partial charge in [-0.1, -0.05) is 12.2 Å². The summed E-state index contributed by atoms with van der Waals surface area (Å²) >= 11 is 6.28. The summed E-state index contributed by atoms with van der Waals surface area (Å²) in [7, 11) is 0. The van der Waals surface area contributed by atoms with Crippen LogP contribution in [0.2, 0.25) is 0 Å². The molecule has 0 saturated heterocycles. The summed E-state index contributed by atoms with van der Waals surface area (Å²) in [5.41, 5.74) is 0.558. The number of benzene rings is 1. The summed E-state index contributed by atoms with van der Waals surface area (Å²) in [4.78, 5) is 0. The van der Waals surface area contributed by atoms with Gasteiger partial charge in [-0.25, -0.2) is 4.39 Å². The molecule has 0 bridgehead atoms. The summed E-state index contributed by atoms with van der Waals surface area (Å²) in [5, 5.41) is 9.55. The summed E-state index contributed by atoms with van der Waals surface area (Å²) in [6.45, 7) is 0. The van der Waals surface area contributed by atoms with Crippen molar-refractivity contribution in [3.63, 3.8) is 0 Å². The van der Waals surface area contributed by atoms with Crippen molar-refractivity contribution in [3.8, 4) is 0 Å². The molecule has 0 aliphatic heterocycles. The van der Waals surface area contributed by atoms with E-state index in [1.54, 1.807) is 0 Å². The molecule has 0 aliphatic rings. The van der Waals surface area contributed by atoms with Crippen molar-refractivity contribution in [3.05, 3.63) is 41.7 Å². The predicted molar refractivity (Wildman–Crippen MR) is 63.1 cm³/mol. The molecule has 4 heteroatoms. The standard InChI is InChI=1S/C10H9FOS2/c1-14-10(13)6-9(12)7-2-4-8(11)5-3-7/h2-6,12H,1H3/b9-6-. The quantitative estimate of drug-likeness (QED) is 0.476. The van der Waals surface area contributed by atoms with Crippen LogP contribution in [0.4, 0.5) is 4.39 Å². The SMILES string of the molecule is CSC(=S)/C=C(\O)c1ccc(F)cc1. The fourth-order valence-electron chi connectivity index (χ4n) is 0.875. The molecular weight excluding hydrogens is 219 g/mol. The van der Waals surface area contributed by atoms with Gasteiger partial charge >= 0.3 is 0 Å². The monoisotopic (exact) mass is 228 g/mol. The number of thioether (sulfide) groups is 1. The van der Waals surface area contributed by atoms with Crippen LogP contribution in [0.25, 0.3) is 5.76 Å². The number of aliphatic hydroxyl groups is 1. The lowest BCUT2D eigenvalue weighted by Gasteiger charge is -1.99. The largest absolute Gasteiger partial charge is 0.507 e. The van der Waals surface area contributed by atoms with Gasteiger partial charge in [-0.15, -0.1) is 11.8 Å². The van der Waals surface area contributed by atoms with E-state index in [2.05, 4.69) is 0 Å². The van der Waals surface area contributed by atoms with Crippen molar-refractivity contribution >= 4 is 33.9 Å². The first-order valence-electron chi connectivity index (χ1n) is 3.88. The smallest absolute Gasteiger partial charge is 0.124 e. The number of rotatable bonds is 2. The molecule has 0 atom stereocenters. The number of hydrogen-bond donors (Lipinski definition) is 1. The second kappa shape index (κ2) is 5.12. The number of halogens is 1. The molecule has 1 aromatic rings. The molecule has 0 heterocycles. The van der Waals surface area contributed by atoms with Crippen LogP contribution in [0.3, 0.4) is 0 Å². The Morgan fingerprint density at radius 3 is 2.50 bits per heavy atom. The molecule has 0 amide bonds. The zero-order valence-electron chi connectivity index (χ0n) is 7.53. The molecule has 0 radical (unpaired) electrons. The van der Waals surface area contributed by atoms with Crippen molar-refractivity contribution in [2.75, 3.05) is 6.26 Å². The van der Waals surface area contributed by atoms with E-state index in [-0.39, 0.29) is 11.6 Å². The number of aliphatic hydroxyl groups excluding tert-OH is 1. The third-order valence-corrected chi connectivity index (χ3v) is 2.73. The van der Waals surface area contributed by atoms with Crippen molar-refractivity contribution in [2.45, 2.75) is 0 Å². The van der Waals surface area contributed by atoms with Gasteiger partial charge in [0.05, 0.1) is 4.20 Å². The fourth-order valence-corrected chi connectivity index (χ4v) is 1.22. The Kier molecular flexibility index (Phi) is 4.10. The van der Waals surface area contributed by atoms with Crippen molar-refractivity contribution in [1.82, 2.24) is 0 Å². The maximum Gasteiger partial charge on any atom is 0.124 e. The Hall–Kier alpha value is -0.870. The fraction of sp³-hybridized carbons (Fsp3) is 0.100. The van der Waals surface area contributed by atoms with Crippen LogP contribution in [0.15, 0.2) is 30.3 Å². The first kappa shape index (κ1) is 11.2. The average Bonchev–Trinajstić information content (AvgIpc) is 2.18. The molecule has 74 valence electrons. The molecule has 1 N–H and O–H groups in total. The average molecular weight is 228 g/mol. The van der Waals surface area contributed by atoms with Crippen molar-refractivity contribution in [2.24, 2.45) is 0 Å². The van der Waals surface area contributed by atoms with Crippen LogP contribution in [0.1, 0.15) is 5.56 Å². The molecule has 0 unspecified atom stereocenters. The highest BCUT2D eigenvalue weighted by atomic mass is 32.2. The summed E-state index contributed by atoms with van der Waals surface area (Å²) in [6.07, 6.45) is 3.31. The van der Waals surface area contributed by atoms with Crippen LogP contribution in [0.5, 0.6) is 0 Å². The summed E-state index contributed by atoms with van der Waals surface area (Å²) in [6, 6.07) is 5.59. The molecule has 14 heavy (non-hydrogen) atoms. The van der Waals surface area contributed by atoms with E-state index in [1.165, 1.54) is 42.1 Å². The number of thiocarbonyl (C=S) groups is 1. The first-order valence-corrected chi connectivity index (χ1v) is 5.51. The zero-order valence-corrected chi connectivity index (χ0v) is 9.16. The van der Waals surface area contributed by atoms with Crippen molar-refractivity contribution < 1.29 is 9.50 Å². The van der Waals surface area contributed by atoms with Gasteiger partial charge in [-0.05, 0) is 30.5 Å². The summed E-state index contributed by atoms with van der Waals surface area (Å²) in [5.74, 6) is -0.265. The van der Waals surface area contributed by atoms with Gasteiger partial charge < -0.3 is 5.11 Å². The lowest BCUT2D eigenvalue weighted by Crippen LogP contribution is -1.87. The highest BCUT2D eigenvalue weighted by Gasteiger charge is 2.00. The van der Waals surface area contributed by atoms with E-state index in [4.69, 9.17) is 12.2 Å². The molecule has 0 aliphatic carbocycles. The Bertz CT molecular complexity index is 357. The molecule has 0 aromatic heterocycles. The minimum Gasteiger partial charge on any atom is -0.507 e. The Morgan fingerprint density at radius 2 is 2.00 bits per heavy atom. The van der Waals surface area contributed by atoms with Crippen LogP contribution in [-0.4, -0.2) is 15.6 Å². The lowest BCUT2D eigenvalue weighted by molar-refractivity contribution is 0.512. The molecule has 1 rings (SSSR count). The lowest BCUT2D eigenvalue weighted by atomic mass is 10.2. The van der Waals surface area contributed by atoms with Gasteiger partial charge in [0.2, 0.25) is 0 Å². The highest BCUT2D eigenvalue weighted by Crippen LogP contribution is 2.14. The van der Waals surface area contributed by atoms with Gasteiger partial charge in [0.25, 0.3) is 0 Å². The van der Waals surface area contributed by atoms with Gasteiger partial charge in [0.15, 0.2) is 0 Å². The third kappa shape index (κ3) is 3.12. The molecule has 1 nitrogen and oxygen atoms in total. The van der Waals surface area contributed by atoms with Crippen LogP contribution in [0, 0.1) is 5.82 Å². The minimum absolute atomic E-state index is 0.0596. The highest BCUT2D eigenvalue weighted by molar-refractivity contribution is 8.23. The van der Waals surface area contributed by atoms with E-state index >= 15 is 0 Å². The van der Waals surface area contributed by atoms with Gasteiger partial charge in [0, 0.05) is 11.6 Å². The molecule has 1 aromatic carbocycles. The molecule has 0 saturated carbocycles. The number of hydrogen-bond acceptors (Lipinski definition) is 3. The van der Waals surface area contributed by atoms with E-state index in [1.807, 2.05) is 6.26 Å². The Labute approximate surface area is 91.6 Å². The topological polar surface area (TPSA) is 20.2 Å².